The van der Waals surface area contributed by atoms with E-state index in [1.54, 1.807) is 0 Å². The molecule has 1 saturated heterocycles. The van der Waals surface area contributed by atoms with Gasteiger partial charge in [0.2, 0.25) is 0 Å². The van der Waals surface area contributed by atoms with Gasteiger partial charge in [-0.15, -0.1) is 0 Å². The first-order chi connectivity index (χ1) is 16.3. The van der Waals surface area contributed by atoms with Crippen LogP contribution in [0.5, 0.6) is 0 Å². The first kappa shape index (κ1) is 23.2. The third-order valence-corrected chi connectivity index (χ3v) is 7.69. The maximum Gasteiger partial charge on any atom is 0.416 e. The van der Waals surface area contributed by atoms with Gasteiger partial charge in [-0.1, -0.05) is 24.3 Å². The fraction of sp³-hybridized carbons (Fsp3) is 0.481. The minimum Gasteiger partial charge on any atom is -0.396 e. The molecule has 34 heavy (non-hydrogen) atoms. The lowest BCUT2D eigenvalue weighted by molar-refractivity contribution is -0.499. The van der Waals surface area contributed by atoms with E-state index in [1.807, 2.05) is 10.6 Å². The van der Waals surface area contributed by atoms with Crippen LogP contribution in [0.15, 0.2) is 42.5 Å². The molecule has 2 aromatic carbocycles. The van der Waals surface area contributed by atoms with E-state index in [9.17, 15) is 18.0 Å². The molecule has 2 bridgehead atoms. The molecule has 2 aliphatic heterocycles. The third kappa shape index (κ3) is 4.43. The van der Waals surface area contributed by atoms with Gasteiger partial charge in [0.05, 0.1) is 11.5 Å². The van der Waals surface area contributed by atoms with Gasteiger partial charge in [0.25, 0.3) is 0 Å². The van der Waals surface area contributed by atoms with Crippen LogP contribution in [0.3, 0.4) is 0 Å². The molecule has 7 heteroatoms. The number of carbonyl (C=O) groups excluding carboxylic acids is 1. The molecule has 1 aliphatic carbocycles. The highest BCUT2D eigenvalue weighted by Gasteiger charge is 2.46. The lowest BCUT2D eigenvalue weighted by Crippen LogP contribution is -2.41. The van der Waals surface area contributed by atoms with Crippen molar-refractivity contribution >= 4 is 12.1 Å². The highest BCUT2D eigenvalue weighted by atomic mass is 19.4. The van der Waals surface area contributed by atoms with Crippen LogP contribution in [0.1, 0.15) is 60.8 Å². The van der Waals surface area contributed by atoms with Gasteiger partial charge in [0, 0.05) is 37.5 Å². The Hall–Kier alpha value is -2.51. The number of benzene rings is 2. The summed E-state index contributed by atoms with van der Waals surface area (Å²) in [4.78, 5) is 15.8. The molecule has 2 atom stereocenters. The number of fused-ring (bicyclic) bond motifs is 5. The average molecular weight is 472 g/mol. The van der Waals surface area contributed by atoms with E-state index in [1.165, 1.54) is 17.7 Å². The third-order valence-electron chi connectivity index (χ3n) is 7.69. The SMILES string of the molecule is O=C(C1CCN(CCCO)CC1)[N+]1=CCC2CC1c1cc(-c3ccc(C(F)(F)F)cc3)ccc12. The monoisotopic (exact) mass is 471 g/mol. The van der Waals surface area contributed by atoms with Crippen LogP contribution < -0.4 is 0 Å². The van der Waals surface area contributed by atoms with E-state index >= 15 is 0 Å². The van der Waals surface area contributed by atoms with Crippen molar-refractivity contribution in [3.8, 4) is 11.1 Å². The van der Waals surface area contributed by atoms with E-state index < -0.39 is 11.7 Å². The Kier molecular flexibility index (Phi) is 6.34. The number of rotatable bonds is 5. The van der Waals surface area contributed by atoms with Gasteiger partial charge < -0.3 is 10.0 Å². The zero-order valence-corrected chi connectivity index (χ0v) is 19.1. The Bertz CT molecular complexity index is 1090. The van der Waals surface area contributed by atoms with E-state index in [0.29, 0.717) is 5.92 Å². The molecule has 0 saturated carbocycles. The predicted octanol–water partition coefficient (Wildman–Crippen LogP) is 5.01. The van der Waals surface area contributed by atoms with E-state index in [0.717, 1.165) is 80.6 Å². The molecule has 3 aliphatic rings. The van der Waals surface area contributed by atoms with Gasteiger partial charge in [0.1, 0.15) is 6.21 Å². The van der Waals surface area contributed by atoms with E-state index in [4.69, 9.17) is 5.11 Å². The van der Waals surface area contributed by atoms with Gasteiger partial charge in [-0.25, -0.2) is 4.79 Å². The summed E-state index contributed by atoms with van der Waals surface area (Å²) >= 11 is 0. The number of carbonyl (C=O) groups is 1. The number of hydrogen-bond donors (Lipinski definition) is 1. The summed E-state index contributed by atoms with van der Waals surface area (Å²) in [6.07, 6.45) is 1.90. The Morgan fingerprint density at radius 1 is 1.03 bits per heavy atom. The number of hydrogen-bond acceptors (Lipinski definition) is 3. The Balaban J connectivity index is 1.34. The molecule has 2 heterocycles. The number of amides is 1. The number of nitrogens with zero attached hydrogens (tertiary/aromatic N) is 2. The topological polar surface area (TPSA) is 43.6 Å². The van der Waals surface area contributed by atoms with E-state index in [-0.39, 0.29) is 24.5 Å². The highest BCUT2D eigenvalue weighted by Crippen LogP contribution is 2.47. The maximum atomic E-state index is 13.5. The second-order valence-corrected chi connectivity index (χ2v) is 9.72. The highest BCUT2D eigenvalue weighted by molar-refractivity contribution is 5.77. The van der Waals surface area contributed by atoms with Gasteiger partial charge in [0.15, 0.2) is 6.04 Å². The van der Waals surface area contributed by atoms with Crippen LogP contribution in [-0.4, -0.2) is 52.9 Å². The van der Waals surface area contributed by atoms with Crippen LogP contribution >= 0.6 is 0 Å². The Morgan fingerprint density at radius 3 is 2.41 bits per heavy atom. The molecule has 5 rings (SSSR count). The molecule has 1 N–H and O–H groups in total. The number of halogens is 3. The van der Waals surface area contributed by atoms with Crippen LogP contribution in [0.2, 0.25) is 0 Å². The standard InChI is InChI=1S/C27H30F3N2O2/c28-27(29,30)22-5-2-18(3-6-22)20-4-7-23-21-10-14-32(25(17-21)24(23)16-20)26(34)19-8-12-31(13-9-19)11-1-15-33/h2-7,14,16,19,21,25,33H,1,8-13,15,17H2/q+1. The molecule has 4 nitrogen and oxygen atoms in total. The molecule has 2 aromatic rings. The second-order valence-electron chi connectivity index (χ2n) is 9.72. The summed E-state index contributed by atoms with van der Waals surface area (Å²) in [5.41, 5.74) is 3.36. The number of piperidine rings is 1. The molecule has 0 radical (unpaired) electrons. The minimum absolute atomic E-state index is 0.00284. The van der Waals surface area contributed by atoms with Crippen LogP contribution in [0, 0.1) is 5.92 Å². The van der Waals surface area contributed by atoms with Gasteiger partial charge in [-0.2, -0.15) is 17.7 Å². The molecule has 0 aromatic heterocycles. The van der Waals surface area contributed by atoms with Crippen molar-refractivity contribution in [2.24, 2.45) is 5.92 Å². The van der Waals surface area contributed by atoms with E-state index in [2.05, 4.69) is 23.2 Å². The summed E-state index contributed by atoms with van der Waals surface area (Å²) in [7, 11) is 0. The van der Waals surface area contributed by atoms with Crippen LogP contribution in [-0.2, 0) is 11.0 Å². The van der Waals surface area contributed by atoms with Gasteiger partial charge in [-0.3, -0.25) is 0 Å². The molecule has 0 spiro atoms. The summed E-state index contributed by atoms with van der Waals surface area (Å²) in [5, 5.41) is 9.05. The zero-order chi connectivity index (χ0) is 23.9. The van der Waals surface area contributed by atoms with Crippen molar-refractivity contribution < 1.29 is 27.6 Å². The molecule has 1 fully saturated rings. The largest absolute Gasteiger partial charge is 0.416 e. The summed E-state index contributed by atoms with van der Waals surface area (Å²) in [5.74, 6) is 0.601. The van der Waals surface area contributed by atoms with Crippen LogP contribution in [0.4, 0.5) is 13.2 Å². The van der Waals surface area contributed by atoms with Crippen molar-refractivity contribution in [2.75, 3.05) is 26.2 Å². The first-order valence-corrected chi connectivity index (χ1v) is 12.2. The minimum atomic E-state index is -4.35. The molecule has 1 amide bonds. The summed E-state index contributed by atoms with van der Waals surface area (Å²) < 4.78 is 40.8. The van der Waals surface area contributed by atoms with Gasteiger partial charge >= 0.3 is 12.1 Å². The van der Waals surface area contributed by atoms with Crippen molar-refractivity contribution in [3.63, 3.8) is 0 Å². The summed E-state index contributed by atoms with van der Waals surface area (Å²) in [6, 6.07) is 11.4. The number of alkyl halides is 3. The lowest BCUT2D eigenvalue weighted by atomic mass is 9.93. The fourth-order valence-electron chi connectivity index (χ4n) is 5.80. The van der Waals surface area contributed by atoms with Crippen molar-refractivity contribution in [1.29, 1.82) is 0 Å². The number of aliphatic hydroxyl groups is 1. The molecular weight excluding hydrogens is 441 g/mol. The van der Waals surface area contributed by atoms with Crippen LogP contribution in [0.25, 0.3) is 11.1 Å². The Morgan fingerprint density at radius 2 is 1.74 bits per heavy atom. The average Bonchev–Trinajstić information content (AvgIpc) is 3.13. The predicted molar refractivity (Wildman–Crippen MR) is 124 cm³/mol. The normalized spacial score (nSPS) is 23.0. The smallest absolute Gasteiger partial charge is 0.396 e. The first-order valence-electron chi connectivity index (χ1n) is 12.2. The van der Waals surface area contributed by atoms with Gasteiger partial charge in [-0.05, 0) is 67.2 Å². The van der Waals surface area contributed by atoms with Crippen molar-refractivity contribution in [1.82, 2.24) is 4.90 Å². The quantitative estimate of drug-likeness (QED) is 0.624. The summed E-state index contributed by atoms with van der Waals surface area (Å²) in [6.45, 7) is 2.83. The second kappa shape index (κ2) is 9.27. The molecule has 180 valence electrons. The zero-order valence-electron chi connectivity index (χ0n) is 19.1. The Labute approximate surface area is 197 Å². The van der Waals surface area contributed by atoms with Crippen molar-refractivity contribution in [2.45, 2.75) is 50.2 Å². The maximum absolute atomic E-state index is 13.5. The van der Waals surface area contributed by atoms with Crippen molar-refractivity contribution in [3.05, 3.63) is 59.2 Å². The number of likely N-dealkylation sites (tertiary alicyclic amines) is 1. The number of aliphatic hydroxyl groups excluding tert-OH is 1. The molecule has 2 unspecified atom stereocenters. The fourth-order valence-corrected chi connectivity index (χ4v) is 5.80. The molecular formula is C27H30F3N2O2+. The lowest BCUT2D eigenvalue weighted by Gasteiger charge is -2.30.